The molecule has 0 fully saturated rings. The second-order valence-electron chi connectivity index (χ2n) is 14.0. The highest BCUT2D eigenvalue weighted by Crippen LogP contribution is 2.43. The minimum absolute atomic E-state index is 0.671. The quantitative estimate of drug-likeness (QED) is 0.168. The lowest BCUT2D eigenvalue weighted by Gasteiger charge is -2.13. The number of pyridine rings is 1. The van der Waals surface area contributed by atoms with E-state index < -0.39 is 0 Å². The molecular weight excluding hydrogens is 671 g/mol. The van der Waals surface area contributed by atoms with Gasteiger partial charge in [-0.3, -0.25) is 0 Å². The van der Waals surface area contributed by atoms with Crippen molar-refractivity contribution < 1.29 is 4.42 Å². The highest BCUT2D eigenvalue weighted by atomic mass is 16.3. The molecule has 0 unspecified atom stereocenters. The number of aromatic nitrogens is 3. The highest BCUT2D eigenvalue weighted by molar-refractivity contribution is 6.23. The van der Waals surface area contributed by atoms with Crippen LogP contribution in [0.3, 0.4) is 0 Å². The summed E-state index contributed by atoms with van der Waals surface area (Å²) in [6.07, 6.45) is 0. The minimum atomic E-state index is 0.671. The summed E-state index contributed by atoms with van der Waals surface area (Å²) in [6.45, 7) is 0. The van der Waals surface area contributed by atoms with Crippen LogP contribution in [0.1, 0.15) is 0 Å². The summed E-state index contributed by atoms with van der Waals surface area (Å²) in [5.41, 5.74) is 11.4. The van der Waals surface area contributed by atoms with Crippen molar-refractivity contribution in [3.63, 3.8) is 0 Å². The average molecular weight is 702 g/mol. The molecule has 3 heterocycles. The van der Waals surface area contributed by atoms with Gasteiger partial charge in [0.25, 0.3) is 0 Å². The van der Waals surface area contributed by atoms with Gasteiger partial charge in [0, 0.05) is 33.0 Å². The molecular formula is C51H31N3O. The van der Waals surface area contributed by atoms with Gasteiger partial charge in [0.15, 0.2) is 5.82 Å². The van der Waals surface area contributed by atoms with Gasteiger partial charge in [-0.2, -0.15) is 0 Å². The van der Waals surface area contributed by atoms with Crippen LogP contribution in [0.2, 0.25) is 0 Å². The molecule has 0 radical (unpaired) electrons. The van der Waals surface area contributed by atoms with Crippen molar-refractivity contribution in [1.29, 1.82) is 0 Å². The largest absolute Gasteiger partial charge is 0.455 e. The Labute approximate surface area is 317 Å². The fourth-order valence-corrected chi connectivity index (χ4v) is 7.99. The number of rotatable bonds is 5. The lowest BCUT2D eigenvalue weighted by molar-refractivity contribution is 0.672. The Bertz CT molecular complexity index is 3240. The number of benzene rings is 8. The first-order valence-electron chi connectivity index (χ1n) is 18.5. The summed E-state index contributed by atoms with van der Waals surface area (Å²) in [6, 6.07) is 65.5. The second-order valence-corrected chi connectivity index (χ2v) is 14.0. The SMILES string of the molecule is c1ccc(-c2ccc(-c3cc(-c4ccc5c(c4)nc(-c4cc6ccccc6c6ccccc46)c4c6ccccc6oc54)nc(-c4ccccc4)n3)cc2)cc1. The number of nitrogens with zero attached hydrogens (tertiary/aromatic N) is 3. The van der Waals surface area contributed by atoms with E-state index in [1.165, 1.54) is 21.7 Å². The van der Waals surface area contributed by atoms with Gasteiger partial charge in [0.1, 0.15) is 11.2 Å². The van der Waals surface area contributed by atoms with Gasteiger partial charge in [-0.15, -0.1) is 0 Å². The summed E-state index contributed by atoms with van der Waals surface area (Å²) in [5, 5.41) is 7.78. The number of fused-ring (bicyclic) bond motifs is 8. The average Bonchev–Trinajstić information content (AvgIpc) is 3.66. The minimum Gasteiger partial charge on any atom is -0.455 e. The van der Waals surface area contributed by atoms with Crippen molar-refractivity contribution in [3.05, 3.63) is 188 Å². The Morgan fingerprint density at radius 2 is 0.945 bits per heavy atom. The van der Waals surface area contributed by atoms with Crippen molar-refractivity contribution in [1.82, 2.24) is 15.0 Å². The van der Waals surface area contributed by atoms with Crippen LogP contribution < -0.4 is 0 Å². The van der Waals surface area contributed by atoms with E-state index in [2.05, 4.69) is 152 Å². The molecule has 0 spiro atoms. The fraction of sp³-hybridized carbons (Fsp3) is 0. The van der Waals surface area contributed by atoms with Gasteiger partial charge in [0.2, 0.25) is 0 Å². The van der Waals surface area contributed by atoms with Crippen LogP contribution in [-0.4, -0.2) is 15.0 Å². The molecule has 11 rings (SSSR count). The van der Waals surface area contributed by atoms with E-state index in [1.807, 2.05) is 36.4 Å². The molecule has 0 N–H and O–H groups in total. The third kappa shape index (κ3) is 5.26. The molecule has 0 saturated heterocycles. The van der Waals surface area contributed by atoms with E-state index in [0.717, 1.165) is 83.1 Å². The molecule has 0 aliphatic rings. The van der Waals surface area contributed by atoms with Crippen LogP contribution >= 0.6 is 0 Å². The highest BCUT2D eigenvalue weighted by Gasteiger charge is 2.21. The van der Waals surface area contributed by atoms with Crippen LogP contribution in [0.5, 0.6) is 0 Å². The van der Waals surface area contributed by atoms with E-state index in [1.54, 1.807) is 0 Å². The first kappa shape index (κ1) is 31.1. The summed E-state index contributed by atoms with van der Waals surface area (Å²) >= 11 is 0. The summed E-state index contributed by atoms with van der Waals surface area (Å²) in [4.78, 5) is 15.8. The van der Waals surface area contributed by atoms with Gasteiger partial charge in [-0.05, 0) is 63.0 Å². The van der Waals surface area contributed by atoms with E-state index in [4.69, 9.17) is 19.4 Å². The summed E-state index contributed by atoms with van der Waals surface area (Å²) in [7, 11) is 0. The number of hydrogen-bond acceptors (Lipinski definition) is 4. The van der Waals surface area contributed by atoms with Crippen LogP contribution in [-0.2, 0) is 0 Å². The van der Waals surface area contributed by atoms with Crippen LogP contribution in [0.15, 0.2) is 192 Å². The first-order valence-corrected chi connectivity index (χ1v) is 18.5. The van der Waals surface area contributed by atoms with E-state index in [9.17, 15) is 0 Å². The van der Waals surface area contributed by atoms with Gasteiger partial charge in [0.05, 0.1) is 28.0 Å². The van der Waals surface area contributed by atoms with Crippen molar-refractivity contribution in [2.45, 2.75) is 0 Å². The molecule has 11 aromatic rings. The Morgan fingerprint density at radius 1 is 0.364 bits per heavy atom. The number of hydrogen-bond donors (Lipinski definition) is 0. The Morgan fingerprint density at radius 3 is 1.73 bits per heavy atom. The molecule has 256 valence electrons. The van der Waals surface area contributed by atoms with Crippen LogP contribution in [0.25, 0.3) is 111 Å². The summed E-state index contributed by atoms with van der Waals surface area (Å²) in [5.74, 6) is 0.671. The molecule has 0 amide bonds. The third-order valence-electron chi connectivity index (χ3n) is 10.7. The zero-order valence-corrected chi connectivity index (χ0v) is 29.6. The molecule has 0 atom stereocenters. The predicted molar refractivity (Wildman–Crippen MR) is 227 cm³/mol. The molecule has 4 nitrogen and oxygen atoms in total. The smallest absolute Gasteiger partial charge is 0.160 e. The standard InChI is InChI=1S/C51H31N3O/c1-3-13-32(14-4-1)33-23-25-34(26-24-33)44-31-45(54-51(53-44)35-15-5-2-6-16-35)37-27-28-41-46(30-37)52-49(48-42-21-11-12-22-47(42)55-50(41)48)43-29-36-17-7-8-18-38(36)39-19-9-10-20-40(39)43/h1-31H. The lowest BCUT2D eigenvalue weighted by atomic mass is 9.93. The van der Waals surface area contributed by atoms with Crippen molar-refractivity contribution in [3.8, 4) is 56.3 Å². The van der Waals surface area contributed by atoms with E-state index in [-0.39, 0.29) is 0 Å². The molecule has 3 aromatic heterocycles. The predicted octanol–water partition coefficient (Wildman–Crippen LogP) is 13.6. The van der Waals surface area contributed by atoms with Crippen LogP contribution in [0.4, 0.5) is 0 Å². The van der Waals surface area contributed by atoms with Crippen molar-refractivity contribution >= 4 is 54.4 Å². The maximum atomic E-state index is 6.70. The summed E-state index contributed by atoms with van der Waals surface area (Å²) < 4.78 is 6.70. The van der Waals surface area contributed by atoms with Gasteiger partial charge >= 0.3 is 0 Å². The lowest BCUT2D eigenvalue weighted by Crippen LogP contribution is -1.96. The Hall–Kier alpha value is -7.43. The van der Waals surface area contributed by atoms with Gasteiger partial charge < -0.3 is 4.42 Å². The molecule has 0 saturated carbocycles. The monoisotopic (exact) mass is 701 g/mol. The molecule has 4 heteroatoms. The zero-order chi connectivity index (χ0) is 36.3. The molecule has 0 aliphatic carbocycles. The molecule has 0 bridgehead atoms. The van der Waals surface area contributed by atoms with Crippen molar-refractivity contribution in [2.24, 2.45) is 0 Å². The number of para-hydroxylation sites is 1. The second kappa shape index (κ2) is 12.6. The Kier molecular flexibility index (Phi) is 7.14. The molecule has 0 aliphatic heterocycles. The third-order valence-corrected chi connectivity index (χ3v) is 10.7. The van der Waals surface area contributed by atoms with E-state index >= 15 is 0 Å². The van der Waals surface area contributed by atoms with Crippen molar-refractivity contribution in [2.75, 3.05) is 0 Å². The maximum absolute atomic E-state index is 6.70. The van der Waals surface area contributed by atoms with Crippen LogP contribution in [0, 0.1) is 0 Å². The zero-order valence-electron chi connectivity index (χ0n) is 29.6. The molecule has 55 heavy (non-hydrogen) atoms. The normalized spacial score (nSPS) is 11.6. The first-order chi connectivity index (χ1) is 27.2. The van der Waals surface area contributed by atoms with E-state index in [0.29, 0.717) is 5.82 Å². The fourth-order valence-electron chi connectivity index (χ4n) is 7.99. The maximum Gasteiger partial charge on any atom is 0.160 e. The Balaban J connectivity index is 1.14. The molecule has 8 aromatic carbocycles. The van der Waals surface area contributed by atoms with Gasteiger partial charge in [-0.25, -0.2) is 15.0 Å². The number of furan rings is 1. The van der Waals surface area contributed by atoms with Gasteiger partial charge in [-0.1, -0.05) is 158 Å². The topological polar surface area (TPSA) is 51.8 Å².